The first-order chi connectivity index (χ1) is 10.3. The topological polar surface area (TPSA) is 23.5 Å². The molecule has 0 amide bonds. The van der Waals surface area contributed by atoms with Crippen molar-refractivity contribution in [1.82, 2.24) is 4.90 Å². The zero-order chi connectivity index (χ0) is 14.9. The minimum Gasteiger partial charge on any atom is -0.395 e. The second kappa shape index (κ2) is 8.87. The van der Waals surface area contributed by atoms with Crippen LogP contribution in [0.1, 0.15) is 56.6 Å². The van der Waals surface area contributed by atoms with Gasteiger partial charge in [0.1, 0.15) is 0 Å². The molecule has 1 aromatic carbocycles. The predicted octanol–water partition coefficient (Wildman–Crippen LogP) is 3.58. The van der Waals surface area contributed by atoms with Gasteiger partial charge >= 0.3 is 0 Å². The molecule has 21 heavy (non-hydrogen) atoms. The molecule has 2 rings (SSSR count). The second-order valence-corrected chi connectivity index (χ2v) is 5.83. The minimum atomic E-state index is 0.137. The van der Waals surface area contributed by atoms with Crippen molar-refractivity contribution in [3.05, 3.63) is 35.4 Å². The number of nitrogens with zero attached hydrogens (tertiary/aromatic N) is 1. The minimum absolute atomic E-state index is 0.137. The van der Waals surface area contributed by atoms with Gasteiger partial charge in [-0.05, 0) is 37.1 Å². The van der Waals surface area contributed by atoms with E-state index in [-0.39, 0.29) is 6.61 Å². The monoisotopic (exact) mass is 285 g/mol. The smallest absolute Gasteiger partial charge is 0.0540 e. The Morgan fingerprint density at radius 3 is 2.76 bits per heavy atom. The summed E-state index contributed by atoms with van der Waals surface area (Å²) in [4.78, 5) is 2.61. The quantitative estimate of drug-likeness (QED) is 0.836. The van der Waals surface area contributed by atoms with Crippen LogP contribution in [0.5, 0.6) is 0 Å². The van der Waals surface area contributed by atoms with Crippen molar-refractivity contribution in [3.8, 4) is 11.8 Å². The average molecular weight is 285 g/mol. The molecule has 1 aromatic rings. The van der Waals surface area contributed by atoms with E-state index in [2.05, 4.69) is 41.9 Å². The van der Waals surface area contributed by atoms with Crippen LogP contribution < -0.4 is 0 Å². The molecule has 0 spiro atoms. The summed E-state index contributed by atoms with van der Waals surface area (Å²) in [6, 6.07) is 9.28. The summed E-state index contributed by atoms with van der Waals surface area (Å²) >= 11 is 0. The SMILES string of the molecule is CCN(Cc1cccc(C#CCCO)c1)C1CCCCC1. The maximum absolute atomic E-state index is 8.78. The Morgan fingerprint density at radius 1 is 1.24 bits per heavy atom. The summed E-state index contributed by atoms with van der Waals surface area (Å²) in [5.74, 6) is 6.12. The fourth-order valence-corrected chi connectivity index (χ4v) is 3.15. The van der Waals surface area contributed by atoms with Crippen LogP contribution in [0, 0.1) is 11.8 Å². The Morgan fingerprint density at radius 2 is 2.05 bits per heavy atom. The summed E-state index contributed by atoms with van der Waals surface area (Å²) in [6.07, 6.45) is 7.42. The van der Waals surface area contributed by atoms with Gasteiger partial charge in [0.25, 0.3) is 0 Å². The molecule has 0 bridgehead atoms. The highest BCUT2D eigenvalue weighted by atomic mass is 16.2. The summed E-state index contributed by atoms with van der Waals surface area (Å²) < 4.78 is 0. The highest BCUT2D eigenvalue weighted by Gasteiger charge is 2.19. The average Bonchev–Trinajstić information content (AvgIpc) is 2.54. The number of aliphatic hydroxyl groups is 1. The molecule has 1 N–H and O–H groups in total. The van der Waals surface area contributed by atoms with Crippen LogP contribution in [0.3, 0.4) is 0 Å². The predicted molar refractivity (Wildman–Crippen MR) is 88.0 cm³/mol. The van der Waals surface area contributed by atoms with Gasteiger partial charge in [-0.25, -0.2) is 0 Å². The molecule has 0 aromatic heterocycles. The Kier molecular flexibility index (Phi) is 6.79. The third kappa shape index (κ3) is 5.19. The molecule has 0 unspecified atom stereocenters. The van der Waals surface area contributed by atoms with E-state index in [1.54, 1.807) is 0 Å². The molecule has 2 nitrogen and oxygen atoms in total. The van der Waals surface area contributed by atoms with Gasteiger partial charge in [0, 0.05) is 24.6 Å². The molecule has 1 fully saturated rings. The molecular formula is C19H27NO. The molecule has 1 aliphatic rings. The lowest BCUT2D eigenvalue weighted by atomic mass is 9.94. The molecular weight excluding hydrogens is 258 g/mol. The summed E-state index contributed by atoms with van der Waals surface area (Å²) in [6.45, 7) is 4.54. The number of hydrogen-bond donors (Lipinski definition) is 1. The third-order valence-corrected chi connectivity index (χ3v) is 4.28. The van der Waals surface area contributed by atoms with Crippen molar-refractivity contribution in [3.63, 3.8) is 0 Å². The first kappa shape index (κ1) is 16.1. The maximum atomic E-state index is 8.78. The molecule has 2 heteroatoms. The first-order valence-electron chi connectivity index (χ1n) is 8.26. The standard InChI is InChI=1S/C19H27NO/c1-2-20(19-12-4-3-5-13-19)16-18-11-8-10-17(15-18)9-6-7-14-21/h8,10-11,15,19,21H,2-5,7,12-14,16H2,1H3. The molecule has 1 aliphatic carbocycles. The summed E-state index contributed by atoms with van der Waals surface area (Å²) in [5, 5.41) is 8.78. The largest absolute Gasteiger partial charge is 0.395 e. The molecule has 0 heterocycles. The fourth-order valence-electron chi connectivity index (χ4n) is 3.15. The van der Waals surface area contributed by atoms with E-state index in [0.717, 1.165) is 24.7 Å². The van der Waals surface area contributed by atoms with Gasteiger partial charge in [-0.15, -0.1) is 0 Å². The summed E-state index contributed by atoms with van der Waals surface area (Å²) in [7, 11) is 0. The van der Waals surface area contributed by atoms with E-state index >= 15 is 0 Å². The highest BCUT2D eigenvalue weighted by Crippen LogP contribution is 2.24. The molecule has 0 radical (unpaired) electrons. The van der Waals surface area contributed by atoms with Crippen LogP contribution in [0.15, 0.2) is 24.3 Å². The zero-order valence-electron chi connectivity index (χ0n) is 13.1. The van der Waals surface area contributed by atoms with Crippen molar-refractivity contribution in [1.29, 1.82) is 0 Å². The lowest BCUT2D eigenvalue weighted by Gasteiger charge is -2.33. The van der Waals surface area contributed by atoms with Crippen LogP contribution in [-0.2, 0) is 6.54 Å². The Labute approximate surface area is 129 Å². The lowest BCUT2D eigenvalue weighted by molar-refractivity contribution is 0.156. The number of aliphatic hydroxyl groups excluding tert-OH is 1. The number of rotatable bonds is 5. The van der Waals surface area contributed by atoms with Crippen molar-refractivity contribution in [2.24, 2.45) is 0 Å². The normalized spacial score (nSPS) is 15.8. The Hall–Kier alpha value is -1.30. The van der Waals surface area contributed by atoms with E-state index in [1.807, 2.05) is 6.07 Å². The first-order valence-corrected chi connectivity index (χ1v) is 8.26. The molecule has 0 aliphatic heterocycles. The fraction of sp³-hybridized carbons (Fsp3) is 0.579. The van der Waals surface area contributed by atoms with Gasteiger partial charge in [0.2, 0.25) is 0 Å². The van der Waals surface area contributed by atoms with Gasteiger partial charge in [-0.3, -0.25) is 4.90 Å². The van der Waals surface area contributed by atoms with Crippen LogP contribution in [-0.4, -0.2) is 29.2 Å². The van der Waals surface area contributed by atoms with Crippen molar-refractivity contribution in [2.45, 2.75) is 58.0 Å². The van der Waals surface area contributed by atoms with E-state index in [4.69, 9.17) is 5.11 Å². The molecule has 0 saturated heterocycles. The highest BCUT2D eigenvalue weighted by molar-refractivity contribution is 5.37. The Bertz CT molecular complexity index is 480. The van der Waals surface area contributed by atoms with E-state index < -0.39 is 0 Å². The van der Waals surface area contributed by atoms with E-state index in [9.17, 15) is 0 Å². The van der Waals surface area contributed by atoms with E-state index in [0.29, 0.717) is 6.42 Å². The van der Waals surface area contributed by atoms with Gasteiger partial charge < -0.3 is 5.11 Å². The third-order valence-electron chi connectivity index (χ3n) is 4.28. The van der Waals surface area contributed by atoms with Crippen LogP contribution in [0.25, 0.3) is 0 Å². The van der Waals surface area contributed by atoms with Crippen LogP contribution >= 0.6 is 0 Å². The number of hydrogen-bond acceptors (Lipinski definition) is 2. The molecule has 114 valence electrons. The Balaban J connectivity index is 2.00. The van der Waals surface area contributed by atoms with Gasteiger partial charge in [0.15, 0.2) is 0 Å². The second-order valence-electron chi connectivity index (χ2n) is 5.83. The zero-order valence-corrected chi connectivity index (χ0v) is 13.1. The summed E-state index contributed by atoms with van der Waals surface area (Å²) in [5.41, 5.74) is 2.40. The maximum Gasteiger partial charge on any atom is 0.0540 e. The molecule has 1 saturated carbocycles. The van der Waals surface area contributed by atoms with Crippen molar-refractivity contribution >= 4 is 0 Å². The van der Waals surface area contributed by atoms with Crippen molar-refractivity contribution < 1.29 is 5.11 Å². The van der Waals surface area contributed by atoms with Crippen LogP contribution in [0.2, 0.25) is 0 Å². The van der Waals surface area contributed by atoms with Crippen LogP contribution in [0.4, 0.5) is 0 Å². The van der Waals surface area contributed by atoms with Crippen molar-refractivity contribution in [2.75, 3.05) is 13.2 Å². The van der Waals surface area contributed by atoms with Gasteiger partial charge in [-0.1, -0.05) is 50.2 Å². The van der Waals surface area contributed by atoms with E-state index in [1.165, 1.54) is 37.7 Å². The van der Waals surface area contributed by atoms with Gasteiger partial charge in [0.05, 0.1) is 6.61 Å². The van der Waals surface area contributed by atoms with Gasteiger partial charge in [-0.2, -0.15) is 0 Å². The molecule has 0 atom stereocenters. The number of benzene rings is 1. The lowest BCUT2D eigenvalue weighted by Crippen LogP contribution is -2.36.